The van der Waals surface area contributed by atoms with E-state index in [1.165, 1.54) is 23.1 Å². The smallest absolute Gasteiger partial charge is 0.262 e. The van der Waals surface area contributed by atoms with Gasteiger partial charge < -0.3 is 16.0 Å². The van der Waals surface area contributed by atoms with E-state index < -0.39 is 0 Å². The van der Waals surface area contributed by atoms with E-state index in [9.17, 15) is 0 Å². The van der Waals surface area contributed by atoms with Gasteiger partial charge in [0.25, 0.3) is 6.17 Å². The Hall–Kier alpha value is -3.22. The molecule has 0 saturated heterocycles. The first-order chi connectivity index (χ1) is 14.8. The lowest BCUT2D eigenvalue weighted by Gasteiger charge is -2.15. The molecule has 0 aliphatic carbocycles. The molecule has 0 spiro atoms. The second-order valence-electron chi connectivity index (χ2n) is 8.44. The Morgan fingerprint density at radius 3 is 2.90 bits per heavy atom. The van der Waals surface area contributed by atoms with E-state index >= 15 is 0 Å². The number of aromatic nitrogens is 4. The molecule has 3 aliphatic rings. The van der Waals surface area contributed by atoms with Crippen LogP contribution in [0.25, 0.3) is 0 Å². The molecule has 3 aromatic rings. The zero-order valence-electron chi connectivity index (χ0n) is 16.9. The molecule has 0 bridgehead atoms. The van der Waals surface area contributed by atoms with Crippen molar-refractivity contribution in [2.75, 3.05) is 29.0 Å². The zero-order chi connectivity index (χ0) is 19.9. The molecule has 0 aromatic carbocycles. The van der Waals surface area contributed by atoms with Crippen molar-refractivity contribution < 1.29 is 4.68 Å². The van der Waals surface area contributed by atoms with E-state index in [0.717, 1.165) is 61.9 Å². The minimum absolute atomic E-state index is 0.109. The van der Waals surface area contributed by atoms with Gasteiger partial charge in [0.05, 0.1) is 6.42 Å². The summed E-state index contributed by atoms with van der Waals surface area (Å²) >= 11 is 0. The molecule has 7 heteroatoms. The molecule has 3 N–H and O–H groups in total. The number of hydrogen-bond donors (Lipinski definition) is 3. The summed E-state index contributed by atoms with van der Waals surface area (Å²) in [7, 11) is 0. The van der Waals surface area contributed by atoms with Crippen LogP contribution >= 0.6 is 0 Å². The number of fused-ring (bicyclic) bond motifs is 3. The molecule has 2 atom stereocenters. The van der Waals surface area contributed by atoms with E-state index in [1.807, 2.05) is 16.9 Å². The third-order valence-corrected chi connectivity index (χ3v) is 6.49. The SMILES string of the molecule is c1cnc2c(c1)CCC(c1ccc3c(n1)NC([n+]1ccc4c(n1)NCCC4)C3)CN2. The Kier molecular flexibility index (Phi) is 4.25. The van der Waals surface area contributed by atoms with Gasteiger partial charge in [0.15, 0.2) is 12.0 Å². The van der Waals surface area contributed by atoms with Crippen LogP contribution < -0.4 is 20.6 Å². The van der Waals surface area contributed by atoms with Crippen molar-refractivity contribution in [3.63, 3.8) is 0 Å². The van der Waals surface area contributed by atoms with E-state index in [1.54, 1.807) is 0 Å². The Morgan fingerprint density at radius 1 is 0.933 bits per heavy atom. The summed E-state index contributed by atoms with van der Waals surface area (Å²) in [6.07, 6.45) is 9.34. The average Bonchev–Trinajstić information content (AvgIpc) is 3.11. The monoisotopic (exact) mass is 400 g/mol. The fourth-order valence-electron chi connectivity index (χ4n) is 4.77. The number of nitrogens with one attached hydrogen (secondary N) is 3. The normalized spacial score (nSPS) is 21.9. The van der Waals surface area contributed by atoms with Crippen LogP contribution in [0, 0.1) is 0 Å². The second kappa shape index (κ2) is 7.23. The molecule has 6 heterocycles. The summed E-state index contributed by atoms with van der Waals surface area (Å²) in [5, 5.41) is 15.4. The van der Waals surface area contributed by atoms with Gasteiger partial charge >= 0.3 is 0 Å². The van der Waals surface area contributed by atoms with Crippen LogP contribution in [-0.2, 0) is 19.3 Å². The van der Waals surface area contributed by atoms with E-state index in [2.05, 4.69) is 51.4 Å². The summed E-state index contributed by atoms with van der Waals surface area (Å²) in [6, 6.07) is 10.8. The molecular weight excluding hydrogens is 374 g/mol. The quantitative estimate of drug-likeness (QED) is 0.574. The highest BCUT2D eigenvalue weighted by atomic mass is 15.4. The number of anilines is 3. The Labute approximate surface area is 176 Å². The number of aryl methyl sites for hydroxylation is 2. The molecule has 0 radical (unpaired) electrons. The van der Waals surface area contributed by atoms with Gasteiger partial charge in [-0.25, -0.2) is 9.97 Å². The van der Waals surface area contributed by atoms with Crippen LogP contribution in [-0.4, -0.2) is 28.2 Å². The van der Waals surface area contributed by atoms with Crippen molar-refractivity contribution in [2.45, 2.75) is 44.2 Å². The van der Waals surface area contributed by atoms with Gasteiger partial charge in [-0.15, -0.1) is 0 Å². The highest BCUT2D eigenvalue weighted by molar-refractivity contribution is 5.51. The topological polar surface area (TPSA) is 78.6 Å². The Bertz CT molecular complexity index is 1070. The van der Waals surface area contributed by atoms with Crippen LogP contribution in [0.15, 0.2) is 42.7 Å². The van der Waals surface area contributed by atoms with Crippen molar-refractivity contribution in [3.05, 3.63) is 65.1 Å². The lowest BCUT2D eigenvalue weighted by Crippen LogP contribution is -2.47. The lowest BCUT2D eigenvalue weighted by atomic mass is 9.97. The fourth-order valence-corrected chi connectivity index (χ4v) is 4.77. The zero-order valence-corrected chi connectivity index (χ0v) is 16.9. The minimum atomic E-state index is 0.109. The Morgan fingerprint density at radius 2 is 1.90 bits per heavy atom. The number of hydrogen-bond acceptors (Lipinski definition) is 6. The van der Waals surface area contributed by atoms with Gasteiger partial charge in [-0.05, 0) is 43.4 Å². The summed E-state index contributed by atoms with van der Waals surface area (Å²) in [6.45, 7) is 1.87. The van der Waals surface area contributed by atoms with Crippen LogP contribution in [0.4, 0.5) is 17.5 Å². The number of rotatable bonds is 2. The van der Waals surface area contributed by atoms with Crippen molar-refractivity contribution in [3.8, 4) is 0 Å². The molecule has 152 valence electrons. The maximum atomic E-state index is 5.02. The predicted octanol–water partition coefficient (Wildman–Crippen LogP) is 2.83. The highest BCUT2D eigenvalue weighted by Crippen LogP contribution is 2.32. The molecule has 6 rings (SSSR count). The van der Waals surface area contributed by atoms with Gasteiger partial charge in [-0.2, -0.15) is 0 Å². The van der Waals surface area contributed by atoms with Crippen molar-refractivity contribution in [2.24, 2.45) is 0 Å². The summed E-state index contributed by atoms with van der Waals surface area (Å²) < 4.78 is 2.04. The second-order valence-corrected chi connectivity index (χ2v) is 8.44. The first-order valence-corrected chi connectivity index (χ1v) is 10.9. The molecule has 7 nitrogen and oxygen atoms in total. The van der Waals surface area contributed by atoms with Crippen molar-refractivity contribution in [1.29, 1.82) is 0 Å². The molecule has 30 heavy (non-hydrogen) atoms. The van der Waals surface area contributed by atoms with Crippen LogP contribution in [0.1, 0.15) is 47.3 Å². The average molecular weight is 401 g/mol. The molecular formula is C23H26N7+. The Balaban J connectivity index is 1.20. The summed E-state index contributed by atoms with van der Waals surface area (Å²) in [4.78, 5) is 9.50. The van der Waals surface area contributed by atoms with Gasteiger partial charge in [0.1, 0.15) is 11.6 Å². The predicted molar refractivity (Wildman–Crippen MR) is 116 cm³/mol. The molecule has 3 aliphatic heterocycles. The first kappa shape index (κ1) is 17.6. The maximum Gasteiger partial charge on any atom is 0.262 e. The van der Waals surface area contributed by atoms with Crippen LogP contribution in [0.5, 0.6) is 0 Å². The molecule has 0 amide bonds. The largest absolute Gasteiger partial charge is 0.369 e. The van der Waals surface area contributed by atoms with Crippen LogP contribution in [0.3, 0.4) is 0 Å². The summed E-state index contributed by atoms with van der Waals surface area (Å²) in [5.41, 5.74) is 5.01. The molecule has 0 fully saturated rings. The van der Waals surface area contributed by atoms with Gasteiger partial charge in [0.2, 0.25) is 0 Å². The van der Waals surface area contributed by atoms with E-state index in [-0.39, 0.29) is 6.17 Å². The van der Waals surface area contributed by atoms with E-state index in [0.29, 0.717) is 5.92 Å². The maximum absolute atomic E-state index is 5.02. The number of pyridine rings is 2. The van der Waals surface area contributed by atoms with Crippen molar-refractivity contribution in [1.82, 2.24) is 15.1 Å². The van der Waals surface area contributed by atoms with Gasteiger partial charge in [-0.1, -0.05) is 16.8 Å². The van der Waals surface area contributed by atoms with Gasteiger partial charge in [0, 0.05) is 53.2 Å². The molecule has 0 saturated carbocycles. The fraction of sp³-hybridized carbons (Fsp3) is 0.391. The van der Waals surface area contributed by atoms with E-state index in [4.69, 9.17) is 10.1 Å². The third kappa shape index (κ3) is 3.14. The number of nitrogens with zero attached hydrogens (tertiary/aromatic N) is 4. The standard InChI is InChI=1S/C23H26N7/c1-3-15-5-6-18(14-26-21(15)24-10-1)19-8-7-17-13-20(28-23(17)27-19)30-12-9-16-4-2-11-25-22(16)29-30/h1,3,7-10,12,18,20H,2,4-6,11,13-14H2,(H,24,26)(H,25,29)(H,27,28)/q+1. The summed E-state index contributed by atoms with van der Waals surface area (Å²) in [5.74, 6) is 3.41. The van der Waals surface area contributed by atoms with Crippen LogP contribution in [0.2, 0.25) is 0 Å². The third-order valence-electron chi connectivity index (χ3n) is 6.49. The van der Waals surface area contributed by atoms with Crippen molar-refractivity contribution >= 4 is 17.5 Å². The first-order valence-electron chi connectivity index (χ1n) is 10.9. The molecule has 3 aromatic heterocycles. The van der Waals surface area contributed by atoms with Gasteiger partial charge in [-0.3, -0.25) is 0 Å². The lowest BCUT2D eigenvalue weighted by molar-refractivity contribution is -0.770. The molecule has 2 unspecified atom stereocenters. The minimum Gasteiger partial charge on any atom is -0.369 e. The highest BCUT2D eigenvalue weighted by Gasteiger charge is 2.32.